The molecular weight excluding hydrogens is 380 g/mol. The molecular formula is C25H36O5. The summed E-state index contributed by atoms with van der Waals surface area (Å²) in [5.74, 6) is 0.990. The smallest absolute Gasteiger partial charge is 0.302 e. The fourth-order valence-corrected chi connectivity index (χ4v) is 8.01. The van der Waals surface area contributed by atoms with E-state index in [2.05, 4.69) is 19.9 Å². The first-order chi connectivity index (χ1) is 14.1. The zero-order valence-electron chi connectivity index (χ0n) is 19.0. The number of Topliss-reactive ketones (excluding diaryl/α,β-unsaturated/α-hetero) is 1. The first kappa shape index (κ1) is 21.6. The second-order valence-electron chi connectivity index (χ2n) is 10.8. The minimum atomic E-state index is -0.286. The van der Waals surface area contributed by atoms with Crippen LogP contribution >= 0.6 is 0 Å². The first-order valence-corrected chi connectivity index (χ1v) is 11.6. The van der Waals surface area contributed by atoms with E-state index < -0.39 is 0 Å². The summed E-state index contributed by atoms with van der Waals surface area (Å²) in [5, 5.41) is 0. The van der Waals surface area contributed by atoms with Gasteiger partial charge >= 0.3 is 11.9 Å². The number of hydrogen-bond donors (Lipinski definition) is 0. The molecule has 0 N–H and O–H groups in total. The summed E-state index contributed by atoms with van der Waals surface area (Å²) in [5.41, 5.74) is 1.51. The highest BCUT2D eigenvalue weighted by molar-refractivity contribution is 5.81. The number of hydrogen-bond acceptors (Lipinski definition) is 5. The van der Waals surface area contributed by atoms with Gasteiger partial charge in [-0.2, -0.15) is 0 Å². The number of carbonyl (C=O) groups excluding carboxylic acids is 3. The Kier molecular flexibility index (Phi) is 5.39. The Balaban J connectivity index is 1.61. The Morgan fingerprint density at radius 3 is 2.30 bits per heavy atom. The van der Waals surface area contributed by atoms with Crippen LogP contribution in [-0.4, -0.2) is 29.9 Å². The van der Waals surface area contributed by atoms with E-state index in [0.29, 0.717) is 17.8 Å². The molecule has 0 amide bonds. The van der Waals surface area contributed by atoms with Crippen molar-refractivity contribution in [3.63, 3.8) is 0 Å². The van der Waals surface area contributed by atoms with E-state index in [1.807, 2.05) is 0 Å². The third-order valence-corrected chi connectivity index (χ3v) is 9.15. The zero-order valence-corrected chi connectivity index (χ0v) is 19.0. The third-order valence-electron chi connectivity index (χ3n) is 9.15. The van der Waals surface area contributed by atoms with Crippen molar-refractivity contribution in [3.8, 4) is 0 Å². The van der Waals surface area contributed by atoms with Gasteiger partial charge in [-0.05, 0) is 74.0 Å². The molecule has 3 fully saturated rings. The highest BCUT2D eigenvalue weighted by Crippen LogP contribution is 2.66. The van der Waals surface area contributed by atoms with Crippen molar-refractivity contribution < 1.29 is 23.9 Å². The summed E-state index contributed by atoms with van der Waals surface area (Å²) in [4.78, 5) is 35.8. The lowest BCUT2D eigenvalue weighted by molar-refractivity contribution is -0.152. The lowest BCUT2D eigenvalue weighted by Crippen LogP contribution is -2.51. The fraction of sp³-hybridized carbons (Fsp3) is 0.800. The average Bonchev–Trinajstić information content (AvgIpc) is 2.92. The van der Waals surface area contributed by atoms with Gasteiger partial charge in [-0.25, -0.2) is 0 Å². The highest BCUT2D eigenvalue weighted by Gasteiger charge is 2.63. The summed E-state index contributed by atoms with van der Waals surface area (Å²) < 4.78 is 11.2. The van der Waals surface area contributed by atoms with Gasteiger partial charge in [-0.3, -0.25) is 14.4 Å². The van der Waals surface area contributed by atoms with Crippen LogP contribution in [0.25, 0.3) is 0 Å². The molecule has 4 rings (SSSR count). The molecule has 0 aromatic carbocycles. The Morgan fingerprint density at radius 1 is 0.967 bits per heavy atom. The molecule has 5 nitrogen and oxygen atoms in total. The number of rotatable bonds is 3. The van der Waals surface area contributed by atoms with Crippen molar-refractivity contribution in [3.05, 3.63) is 11.6 Å². The van der Waals surface area contributed by atoms with Gasteiger partial charge < -0.3 is 9.47 Å². The first-order valence-electron chi connectivity index (χ1n) is 11.6. The number of carbonyl (C=O) groups is 3. The van der Waals surface area contributed by atoms with E-state index in [-0.39, 0.29) is 46.7 Å². The van der Waals surface area contributed by atoms with Crippen LogP contribution in [0.5, 0.6) is 0 Å². The van der Waals surface area contributed by atoms with Crippen LogP contribution in [0.3, 0.4) is 0 Å². The second-order valence-corrected chi connectivity index (χ2v) is 10.8. The summed E-state index contributed by atoms with van der Waals surface area (Å²) in [6.07, 6.45) is 8.89. The predicted molar refractivity (Wildman–Crippen MR) is 112 cm³/mol. The minimum absolute atomic E-state index is 0.00847. The van der Waals surface area contributed by atoms with Crippen molar-refractivity contribution >= 4 is 17.7 Å². The minimum Gasteiger partial charge on any atom is -0.462 e. The molecule has 3 saturated carbocycles. The zero-order chi connectivity index (χ0) is 21.8. The Bertz CT molecular complexity index is 784. The lowest BCUT2D eigenvalue weighted by atomic mass is 9.47. The molecule has 0 radical (unpaired) electrons. The maximum Gasteiger partial charge on any atom is 0.302 e. The molecule has 166 valence electrons. The molecule has 4 aliphatic carbocycles. The van der Waals surface area contributed by atoms with Crippen LogP contribution in [0.4, 0.5) is 0 Å². The molecule has 30 heavy (non-hydrogen) atoms. The summed E-state index contributed by atoms with van der Waals surface area (Å²) in [7, 11) is 0. The van der Waals surface area contributed by atoms with Gasteiger partial charge in [0.05, 0.1) is 5.92 Å². The standard InChI is InChI=1S/C25H36O5/c1-14(26)23-22(30-16(3)28)13-21-19-7-6-17-12-18(29-15(2)27)8-10-24(17,4)20(19)9-11-25(21,23)5/h6,18-23H,7-13H2,1-5H3/t18-,19-,20+,21+,22+,23+,24+,25+/m1/s1. The van der Waals surface area contributed by atoms with Crippen LogP contribution in [0, 0.1) is 34.5 Å². The van der Waals surface area contributed by atoms with E-state index >= 15 is 0 Å². The van der Waals surface area contributed by atoms with Crippen LogP contribution in [-0.2, 0) is 23.9 Å². The molecule has 0 unspecified atom stereocenters. The van der Waals surface area contributed by atoms with Gasteiger partial charge in [0.15, 0.2) is 0 Å². The van der Waals surface area contributed by atoms with Crippen LogP contribution in [0.2, 0.25) is 0 Å². The number of ketones is 1. The second kappa shape index (κ2) is 7.49. The molecule has 0 bridgehead atoms. The van der Waals surface area contributed by atoms with E-state index in [0.717, 1.165) is 44.9 Å². The third kappa shape index (κ3) is 3.33. The van der Waals surface area contributed by atoms with Gasteiger partial charge in [0.25, 0.3) is 0 Å². The number of fused-ring (bicyclic) bond motifs is 5. The van der Waals surface area contributed by atoms with Crippen LogP contribution in [0.1, 0.15) is 79.6 Å². The largest absolute Gasteiger partial charge is 0.462 e. The molecule has 5 heteroatoms. The molecule has 8 atom stereocenters. The molecule has 0 saturated heterocycles. The van der Waals surface area contributed by atoms with Crippen molar-refractivity contribution in [1.29, 1.82) is 0 Å². The SMILES string of the molecule is CC(=O)O[C@@H]1CC[C@@]2(C)C(=CC[C@H]3[C@@H]4C[C@H](OC(C)=O)[C@H](C(C)=O)[C@@]4(C)CC[C@@H]32)C1. The van der Waals surface area contributed by atoms with E-state index in [1.54, 1.807) is 6.92 Å². The van der Waals surface area contributed by atoms with E-state index in [1.165, 1.54) is 19.4 Å². The summed E-state index contributed by atoms with van der Waals surface area (Å²) >= 11 is 0. The van der Waals surface area contributed by atoms with Crippen molar-refractivity contribution in [1.82, 2.24) is 0 Å². The lowest BCUT2D eigenvalue weighted by Gasteiger charge is -2.57. The van der Waals surface area contributed by atoms with Gasteiger partial charge in [-0.15, -0.1) is 0 Å². The van der Waals surface area contributed by atoms with E-state index in [4.69, 9.17) is 9.47 Å². The Hall–Kier alpha value is -1.65. The highest BCUT2D eigenvalue weighted by atomic mass is 16.5. The number of allylic oxidation sites excluding steroid dienone is 1. The maximum absolute atomic E-state index is 12.6. The Morgan fingerprint density at radius 2 is 1.67 bits per heavy atom. The van der Waals surface area contributed by atoms with Crippen molar-refractivity contribution in [2.75, 3.05) is 0 Å². The van der Waals surface area contributed by atoms with Crippen molar-refractivity contribution in [2.45, 2.75) is 91.8 Å². The topological polar surface area (TPSA) is 69.7 Å². The van der Waals surface area contributed by atoms with E-state index in [9.17, 15) is 14.4 Å². The molecule has 0 heterocycles. The molecule has 4 aliphatic rings. The van der Waals surface area contributed by atoms with Gasteiger partial charge in [0.1, 0.15) is 18.0 Å². The molecule has 0 aromatic heterocycles. The summed E-state index contributed by atoms with van der Waals surface area (Å²) in [6, 6.07) is 0. The fourth-order valence-electron chi connectivity index (χ4n) is 8.01. The monoisotopic (exact) mass is 416 g/mol. The predicted octanol–water partition coefficient (Wildman–Crippen LogP) is 4.63. The molecule has 0 aromatic rings. The van der Waals surface area contributed by atoms with Gasteiger partial charge in [0.2, 0.25) is 0 Å². The van der Waals surface area contributed by atoms with Crippen LogP contribution < -0.4 is 0 Å². The Labute approximate surface area is 179 Å². The van der Waals surface area contributed by atoms with Gasteiger partial charge in [0, 0.05) is 20.3 Å². The molecule has 0 spiro atoms. The quantitative estimate of drug-likeness (QED) is 0.496. The van der Waals surface area contributed by atoms with Crippen LogP contribution in [0.15, 0.2) is 11.6 Å². The summed E-state index contributed by atoms with van der Waals surface area (Å²) in [6.45, 7) is 9.28. The maximum atomic E-state index is 12.6. The molecule has 0 aliphatic heterocycles. The number of ether oxygens (including phenoxy) is 2. The number of esters is 2. The normalized spacial score (nSPS) is 44.8. The average molecular weight is 417 g/mol. The van der Waals surface area contributed by atoms with Crippen molar-refractivity contribution in [2.24, 2.45) is 34.5 Å². The van der Waals surface area contributed by atoms with Gasteiger partial charge in [-0.1, -0.05) is 25.5 Å².